The van der Waals surface area contributed by atoms with Crippen molar-refractivity contribution >= 4 is 17.4 Å². The summed E-state index contributed by atoms with van der Waals surface area (Å²) < 4.78 is 0. The Morgan fingerprint density at radius 1 is 1.03 bits per heavy atom. The van der Waals surface area contributed by atoms with Gasteiger partial charge in [-0.1, -0.05) is 23.8 Å². The summed E-state index contributed by atoms with van der Waals surface area (Å²) in [4.78, 5) is 35.7. The van der Waals surface area contributed by atoms with Gasteiger partial charge in [0.2, 0.25) is 0 Å². The lowest BCUT2D eigenvalue weighted by molar-refractivity contribution is -0.140. The minimum Gasteiger partial charge on any atom is -0.507 e. The molecule has 1 saturated heterocycles. The molecule has 1 aliphatic heterocycles. The number of aryl methyl sites for hydroxylation is 2. The van der Waals surface area contributed by atoms with Crippen molar-refractivity contribution in [3.8, 4) is 0 Å². The van der Waals surface area contributed by atoms with Crippen molar-refractivity contribution in [1.29, 1.82) is 0 Å². The summed E-state index contributed by atoms with van der Waals surface area (Å²) in [5.74, 6) is -1.50. The highest BCUT2D eigenvalue weighted by atomic mass is 16.3. The molecule has 3 heterocycles. The van der Waals surface area contributed by atoms with Crippen molar-refractivity contribution in [3.05, 3.63) is 101 Å². The van der Waals surface area contributed by atoms with Gasteiger partial charge in [0, 0.05) is 36.9 Å². The standard InChI is InChI=1S/C24H21N3O3/c1-15-5-6-16(2)19(12-15)22(28)20-21(18-7-10-25-11-8-18)27(24(30)23(20)29)14-17-4-3-9-26-13-17/h3-13,21,28H,14H2,1-2H3/t21-/m0/s1. The average molecular weight is 399 g/mol. The van der Waals surface area contributed by atoms with E-state index in [4.69, 9.17) is 0 Å². The third-order valence-corrected chi connectivity index (χ3v) is 5.29. The number of benzene rings is 1. The maximum Gasteiger partial charge on any atom is 0.295 e. The van der Waals surface area contributed by atoms with Gasteiger partial charge in [-0.25, -0.2) is 0 Å². The second kappa shape index (κ2) is 7.91. The van der Waals surface area contributed by atoms with Gasteiger partial charge in [0.15, 0.2) is 0 Å². The number of hydrogen-bond donors (Lipinski definition) is 1. The first-order valence-electron chi connectivity index (χ1n) is 9.62. The van der Waals surface area contributed by atoms with Crippen LogP contribution in [0.3, 0.4) is 0 Å². The number of ketones is 1. The molecule has 0 unspecified atom stereocenters. The molecule has 30 heavy (non-hydrogen) atoms. The Labute approximate surface area is 174 Å². The lowest BCUT2D eigenvalue weighted by atomic mass is 9.93. The third kappa shape index (κ3) is 3.48. The van der Waals surface area contributed by atoms with Crippen molar-refractivity contribution < 1.29 is 14.7 Å². The van der Waals surface area contributed by atoms with E-state index in [2.05, 4.69) is 9.97 Å². The summed E-state index contributed by atoms with van der Waals surface area (Å²) in [6.45, 7) is 3.98. The topological polar surface area (TPSA) is 83.4 Å². The highest BCUT2D eigenvalue weighted by Gasteiger charge is 2.46. The van der Waals surface area contributed by atoms with E-state index in [-0.39, 0.29) is 17.9 Å². The number of carbonyl (C=O) groups is 2. The third-order valence-electron chi connectivity index (χ3n) is 5.29. The quantitative estimate of drug-likeness (QED) is 0.411. The lowest BCUT2D eigenvalue weighted by Gasteiger charge is -2.25. The fourth-order valence-electron chi connectivity index (χ4n) is 3.76. The summed E-state index contributed by atoms with van der Waals surface area (Å²) in [6.07, 6.45) is 6.53. The number of rotatable bonds is 4. The minimum atomic E-state index is -0.715. The monoisotopic (exact) mass is 399 g/mol. The molecule has 1 aliphatic rings. The molecule has 4 rings (SSSR count). The maximum absolute atomic E-state index is 13.1. The minimum absolute atomic E-state index is 0.0868. The summed E-state index contributed by atoms with van der Waals surface area (Å²) in [5, 5.41) is 11.2. The number of likely N-dealkylation sites (tertiary alicyclic amines) is 1. The van der Waals surface area contributed by atoms with Crippen LogP contribution in [0.15, 0.2) is 72.8 Å². The van der Waals surface area contributed by atoms with Gasteiger partial charge in [-0.3, -0.25) is 19.6 Å². The second-order valence-corrected chi connectivity index (χ2v) is 7.39. The zero-order valence-electron chi connectivity index (χ0n) is 16.7. The number of aromatic nitrogens is 2. The molecule has 1 amide bonds. The van der Waals surface area contributed by atoms with Crippen LogP contribution < -0.4 is 0 Å². The van der Waals surface area contributed by atoms with Crippen molar-refractivity contribution in [2.24, 2.45) is 0 Å². The highest BCUT2D eigenvalue weighted by Crippen LogP contribution is 2.40. The van der Waals surface area contributed by atoms with Gasteiger partial charge in [-0.2, -0.15) is 0 Å². The number of carbonyl (C=O) groups excluding carboxylic acids is 2. The van der Waals surface area contributed by atoms with Crippen molar-refractivity contribution in [3.63, 3.8) is 0 Å². The van der Waals surface area contributed by atoms with E-state index in [0.717, 1.165) is 16.7 Å². The predicted molar refractivity (Wildman–Crippen MR) is 112 cm³/mol. The second-order valence-electron chi connectivity index (χ2n) is 7.39. The Hall–Kier alpha value is -3.80. The van der Waals surface area contributed by atoms with Crippen LogP contribution in [0.1, 0.15) is 33.9 Å². The van der Waals surface area contributed by atoms with E-state index in [1.165, 1.54) is 4.90 Å². The molecule has 2 aromatic heterocycles. The molecule has 1 atom stereocenters. The molecular weight excluding hydrogens is 378 g/mol. The highest BCUT2D eigenvalue weighted by molar-refractivity contribution is 6.46. The summed E-state index contributed by atoms with van der Waals surface area (Å²) in [7, 11) is 0. The van der Waals surface area contributed by atoms with Crippen LogP contribution >= 0.6 is 0 Å². The van der Waals surface area contributed by atoms with Crippen LogP contribution in [-0.4, -0.2) is 31.7 Å². The van der Waals surface area contributed by atoms with Crippen molar-refractivity contribution in [2.75, 3.05) is 0 Å². The van der Waals surface area contributed by atoms with Crippen LogP contribution in [0.5, 0.6) is 0 Å². The number of pyridine rings is 2. The molecule has 1 aromatic carbocycles. The summed E-state index contributed by atoms with van der Waals surface area (Å²) >= 11 is 0. The van der Waals surface area contributed by atoms with E-state index in [0.29, 0.717) is 11.1 Å². The summed E-state index contributed by atoms with van der Waals surface area (Å²) in [6, 6.07) is 12.1. The van der Waals surface area contributed by atoms with E-state index in [1.807, 2.05) is 38.1 Å². The van der Waals surface area contributed by atoms with Gasteiger partial charge in [-0.15, -0.1) is 0 Å². The van der Waals surface area contributed by atoms with Crippen LogP contribution in [-0.2, 0) is 16.1 Å². The first-order valence-corrected chi connectivity index (χ1v) is 9.62. The van der Waals surface area contributed by atoms with E-state index in [9.17, 15) is 14.7 Å². The number of Topliss-reactive ketones (excluding diaryl/α,β-unsaturated/α-hetero) is 1. The molecule has 1 N–H and O–H groups in total. The first-order chi connectivity index (χ1) is 14.5. The van der Waals surface area contributed by atoms with Crippen LogP contribution in [0.4, 0.5) is 0 Å². The van der Waals surface area contributed by atoms with Gasteiger partial charge in [-0.05, 0) is 54.8 Å². The number of aliphatic hydroxyl groups is 1. The normalized spacial score (nSPS) is 18.1. The average Bonchev–Trinajstić information content (AvgIpc) is 3.01. The van der Waals surface area contributed by atoms with Crippen LogP contribution in [0.2, 0.25) is 0 Å². The first kappa shape index (κ1) is 19.5. The lowest BCUT2D eigenvalue weighted by Crippen LogP contribution is -2.29. The van der Waals surface area contributed by atoms with Crippen LogP contribution in [0.25, 0.3) is 5.76 Å². The molecule has 0 radical (unpaired) electrons. The molecule has 6 heteroatoms. The summed E-state index contributed by atoms with van der Waals surface area (Å²) in [5.41, 5.74) is 3.92. The number of amides is 1. The Kier molecular flexibility index (Phi) is 5.14. The molecular formula is C24H21N3O3. The predicted octanol–water partition coefficient (Wildman–Crippen LogP) is 3.72. The molecule has 6 nitrogen and oxygen atoms in total. The molecule has 0 aliphatic carbocycles. The number of nitrogens with zero attached hydrogens (tertiary/aromatic N) is 3. The molecule has 0 bridgehead atoms. The van der Waals surface area contributed by atoms with E-state index in [1.54, 1.807) is 43.0 Å². The molecule has 3 aromatic rings. The van der Waals surface area contributed by atoms with Gasteiger partial charge >= 0.3 is 0 Å². The van der Waals surface area contributed by atoms with Gasteiger partial charge < -0.3 is 10.0 Å². The largest absolute Gasteiger partial charge is 0.507 e. The molecule has 150 valence electrons. The molecule has 0 spiro atoms. The maximum atomic E-state index is 13.1. The number of hydrogen-bond acceptors (Lipinski definition) is 5. The van der Waals surface area contributed by atoms with Gasteiger partial charge in [0.1, 0.15) is 5.76 Å². The molecule has 0 saturated carbocycles. The Balaban J connectivity index is 1.89. The van der Waals surface area contributed by atoms with Crippen LogP contribution in [0, 0.1) is 13.8 Å². The Morgan fingerprint density at radius 3 is 2.50 bits per heavy atom. The van der Waals surface area contributed by atoms with Crippen molar-refractivity contribution in [1.82, 2.24) is 14.9 Å². The SMILES string of the molecule is Cc1ccc(C)c(C(O)=C2C(=O)C(=O)N(Cc3cccnc3)[C@H]2c2ccncc2)c1. The zero-order valence-corrected chi connectivity index (χ0v) is 16.7. The van der Waals surface area contributed by atoms with E-state index < -0.39 is 17.7 Å². The van der Waals surface area contributed by atoms with Crippen molar-refractivity contribution in [2.45, 2.75) is 26.4 Å². The van der Waals surface area contributed by atoms with E-state index >= 15 is 0 Å². The Bertz CT molecular complexity index is 1140. The van der Waals surface area contributed by atoms with Gasteiger partial charge in [0.25, 0.3) is 11.7 Å². The zero-order chi connectivity index (χ0) is 21.3. The fraction of sp³-hybridized carbons (Fsp3) is 0.167. The van der Waals surface area contributed by atoms with Gasteiger partial charge in [0.05, 0.1) is 11.6 Å². The fourth-order valence-corrected chi connectivity index (χ4v) is 3.76. The number of aliphatic hydroxyl groups excluding tert-OH is 1. The smallest absolute Gasteiger partial charge is 0.295 e. The molecule has 1 fully saturated rings. The Morgan fingerprint density at radius 2 is 1.80 bits per heavy atom.